The predicted molar refractivity (Wildman–Crippen MR) is 69.8 cm³/mol. The van der Waals surface area contributed by atoms with E-state index in [9.17, 15) is 4.79 Å². The average Bonchev–Trinajstić information content (AvgIpc) is 2.85. The highest BCUT2D eigenvalue weighted by Crippen LogP contribution is 2.14. The molecule has 1 heterocycles. The van der Waals surface area contributed by atoms with Crippen molar-refractivity contribution in [3.05, 3.63) is 35.3 Å². The van der Waals surface area contributed by atoms with Gasteiger partial charge in [0.2, 0.25) is 5.13 Å². The van der Waals surface area contributed by atoms with Crippen LogP contribution in [0.15, 0.2) is 29.8 Å². The first-order chi connectivity index (χ1) is 8.65. The largest absolute Gasteiger partial charge is 0.481 e. The zero-order chi connectivity index (χ0) is 13.0. The molecule has 1 atom stereocenters. The molecular formula is C12H13N3O2S. The maximum Gasteiger partial charge on any atom is 0.266 e. The summed E-state index contributed by atoms with van der Waals surface area (Å²) in [7, 11) is 0. The molecule has 0 fully saturated rings. The monoisotopic (exact) mass is 263 g/mol. The van der Waals surface area contributed by atoms with E-state index in [1.165, 1.54) is 11.3 Å². The van der Waals surface area contributed by atoms with Gasteiger partial charge in [-0.15, -0.1) is 10.2 Å². The molecule has 1 aromatic carbocycles. The summed E-state index contributed by atoms with van der Waals surface area (Å²) >= 11 is 1.27. The lowest BCUT2D eigenvalue weighted by atomic mass is 10.2. The van der Waals surface area contributed by atoms with Gasteiger partial charge >= 0.3 is 0 Å². The number of aryl methyl sites for hydroxylation is 1. The van der Waals surface area contributed by atoms with E-state index in [0.717, 1.165) is 5.56 Å². The van der Waals surface area contributed by atoms with Gasteiger partial charge in [-0.25, -0.2) is 0 Å². The zero-order valence-electron chi connectivity index (χ0n) is 10.1. The third kappa shape index (κ3) is 3.27. The summed E-state index contributed by atoms with van der Waals surface area (Å²) in [6.45, 7) is 3.69. The van der Waals surface area contributed by atoms with Crippen LogP contribution < -0.4 is 10.1 Å². The molecule has 0 saturated heterocycles. The summed E-state index contributed by atoms with van der Waals surface area (Å²) in [6.07, 6.45) is -0.586. The molecule has 2 rings (SSSR count). The molecule has 6 heteroatoms. The van der Waals surface area contributed by atoms with E-state index in [4.69, 9.17) is 4.74 Å². The number of aromatic nitrogens is 2. The van der Waals surface area contributed by atoms with Crippen molar-refractivity contribution in [2.24, 2.45) is 0 Å². The molecule has 0 aliphatic rings. The van der Waals surface area contributed by atoms with Crippen molar-refractivity contribution in [2.45, 2.75) is 20.0 Å². The van der Waals surface area contributed by atoms with Gasteiger partial charge in [0.25, 0.3) is 5.91 Å². The smallest absolute Gasteiger partial charge is 0.266 e. The van der Waals surface area contributed by atoms with Crippen LogP contribution in [0.25, 0.3) is 0 Å². The lowest BCUT2D eigenvalue weighted by molar-refractivity contribution is -0.122. The zero-order valence-corrected chi connectivity index (χ0v) is 10.9. The molecule has 0 bridgehead atoms. The maximum absolute atomic E-state index is 11.8. The van der Waals surface area contributed by atoms with Gasteiger partial charge in [0.1, 0.15) is 11.3 Å². The quantitative estimate of drug-likeness (QED) is 0.919. The lowest BCUT2D eigenvalue weighted by Gasteiger charge is -2.13. The second-order valence-corrected chi connectivity index (χ2v) is 4.64. The molecule has 0 aliphatic heterocycles. The first-order valence-electron chi connectivity index (χ1n) is 5.45. The number of hydrogen-bond donors (Lipinski definition) is 1. The van der Waals surface area contributed by atoms with Crippen molar-refractivity contribution in [1.29, 1.82) is 0 Å². The Labute approximate surface area is 109 Å². The molecule has 2 aromatic rings. The molecule has 1 N–H and O–H groups in total. The van der Waals surface area contributed by atoms with Gasteiger partial charge in [-0.1, -0.05) is 29.0 Å². The minimum absolute atomic E-state index is 0.243. The van der Waals surface area contributed by atoms with Crippen molar-refractivity contribution in [3.63, 3.8) is 0 Å². The van der Waals surface area contributed by atoms with Gasteiger partial charge in [-0.2, -0.15) is 0 Å². The van der Waals surface area contributed by atoms with Crippen LogP contribution in [0.1, 0.15) is 12.5 Å². The molecule has 18 heavy (non-hydrogen) atoms. The Balaban J connectivity index is 1.93. The highest BCUT2D eigenvalue weighted by atomic mass is 32.1. The van der Waals surface area contributed by atoms with E-state index < -0.39 is 6.10 Å². The van der Waals surface area contributed by atoms with Gasteiger partial charge in [-0.3, -0.25) is 10.1 Å². The SMILES string of the molecule is Cc1ccc(O[C@@H](C)C(=O)Nc2nncs2)cc1. The number of carbonyl (C=O) groups is 1. The fourth-order valence-corrected chi connectivity index (χ4v) is 1.76. The number of amides is 1. The van der Waals surface area contributed by atoms with E-state index in [1.54, 1.807) is 12.4 Å². The van der Waals surface area contributed by atoms with Crippen LogP contribution in [0.5, 0.6) is 5.75 Å². The highest BCUT2D eigenvalue weighted by Gasteiger charge is 2.15. The maximum atomic E-state index is 11.8. The number of ether oxygens (including phenoxy) is 1. The van der Waals surface area contributed by atoms with Gasteiger partial charge < -0.3 is 4.74 Å². The summed E-state index contributed by atoms with van der Waals surface area (Å²) in [5.74, 6) is 0.424. The first kappa shape index (κ1) is 12.5. The summed E-state index contributed by atoms with van der Waals surface area (Å²) in [5, 5.41) is 10.5. The van der Waals surface area contributed by atoms with Gasteiger partial charge in [0.05, 0.1) is 0 Å². The van der Waals surface area contributed by atoms with Crippen molar-refractivity contribution in [1.82, 2.24) is 10.2 Å². The van der Waals surface area contributed by atoms with Crippen LogP contribution in [0, 0.1) is 6.92 Å². The molecule has 94 valence electrons. The van der Waals surface area contributed by atoms with Crippen LogP contribution in [-0.2, 0) is 4.79 Å². The van der Waals surface area contributed by atoms with Crippen LogP contribution >= 0.6 is 11.3 Å². The topological polar surface area (TPSA) is 64.1 Å². The molecule has 1 aromatic heterocycles. The van der Waals surface area contributed by atoms with Gasteiger partial charge in [0, 0.05) is 0 Å². The molecule has 0 unspecified atom stereocenters. The van der Waals surface area contributed by atoms with Gasteiger partial charge in [0.15, 0.2) is 6.10 Å². The third-order valence-electron chi connectivity index (χ3n) is 2.29. The number of carbonyl (C=O) groups excluding carboxylic acids is 1. The molecule has 0 saturated carbocycles. The Kier molecular flexibility index (Phi) is 3.88. The molecule has 1 amide bonds. The number of hydrogen-bond acceptors (Lipinski definition) is 5. The summed E-state index contributed by atoms with van der Waals surface area (Å²) < 4.78 is 5.52. The summed E-state index contributed by atoms with van der Waals surface area (Å²) in [6, 6.07) is 7.55. The lowest BCUT2D eigenvalue weighted by Crippen LogP contribution is -2.30. The van der Waals surface area contributed by atoms with Crippen LogP contribution in [0.2, 0.25) is 0 Å². The van der Waals surface area contributed by atoms with Crippen LogP contribution in [0.4, 0.5) is 5.13 Å². The molecular weight excluding hydrogens is 250 g/mol. The van der Waals surface area contributed by atoms with E-state index in [-0.39, 0.29) is 5.91 Å². The normalized spacial score (nSPS) is 11.9. The number of nitrogens with one attached hydrogen (secondary N) is 1. The van der Waals surface area contributed by atoms with Crippen molar-refractivity contribution in [3.8, 4) is 5.75 Å². The molecule has 0 radical (unpaired) electrons. The van der Waals surface area contributed by atoms with Crippen molar-refractivity contribution < 1.29 is 9.53 Å². The van der Waals surface area contributed by atoms with E-state index in [1.807, 2.05) is 31.2 Å². The Bertz CT molecular complexity index is 511. The molecule has 0 aliphatic carbocycles. The Hall–Kier alpha value is -1.95. The van der Waals surface area contributed by atoms with Crippen molar-refractivity contribution >= 4 is 22.4 Å². The fraction of sp³-hybridized carbons (Fsp3) is 0.250. The number of rotatable bonds is 4. The summed E-state index contributed by atoms with van der Waals surface area (Å²) in [4.78, 5) is 11.8. The van der Waals surface area contributed by atoms with E-state index in [0.29, 0.717) is 10.9 Å². The second kappa shape index (κ2) is 5.59. The molecule has 0 spiro atoms. The number of anilines is 1. The summed E-state index contributed by atoms with van der Waals surface area (Å²) in [5.41, 5.74) is 2.70. The molecule has 5 nitrogen and oxygen atoms in total. The van der Waals surface area contributed by atoms with Gasteiger partial charge in [-0.05, 0) is 26.0 Å². The fourth-order valence-electron chi connectivity index (χ4n) is 1.31. The minimum atomic E-state index is -0.586. The number of benzene rings is 1. The standard InChI is InChI=1S/C12H13N3O2S/c1-8-3-5-10(6-4-8)17-9(2)11(16)14-12-15-13-7-18-12/h3-7,9H,1-2H3,(H,14,15,16)/t9-/m0/s1. The third-order valence-corrected chi connectivity index (χ3v) is 2.90. The Morgan fingerprint density at radius 1 is 1.39 bits per heavy atom. The first-order valence-corrected chi connectivity index (χ1v) is 6.33. The predicted octanol–water partition coefficient (Wildman–Crippen LogP) is 2.25. The average molecular weight is 263 g/mol. The minimum Gasteiger partial charge on any atom is -0.481 e. The highest BCUT2D eigenvalue weighted by molar-refractivity contribution is 7.13. The second-order valence-electron chi connectivity index (χ2n) is 3.81. The number of nitrogens with zero attached hydrogens (tertiary/aromatic N) is 2. The van der Waals surface area contributed by atoms with E-state index >= 15 is 0 Å². The Morgan fingerprint density at radius 2 is 2.11 bits per heavy atom. The van der Waals surface area contributed by atoms with E-state index in [2.05, 4.69) is 15.5 Å². The Morgan fingerprint density at radius 3 is 2.72 bits per heavy atom. The van der Waals surface area contributed by atoms with Crippen LogP contribution in [0.3, 0.4) is 0 Å². The van der Waals surface area contributed by atoms with Crippen molar-refractivity contribution in [2.75, 3.05) is 5.32 Å². The van der Waals surface area contributed by atoms with Crippen LogP contribution in [-0.4, -0.2) is 22.2 Å².